The third-order valence-electron chi connectivity index (χ3n) is 4.01. The van der Waals surface area contributed by atoms with Crippen LogP contribution in [0.2, 0.25) is 0 Å². The molecule has 0 aliphatic carbocycles. The molecular weight excluding hydrogens is 316 g/mol. The SMILES string of the molecule is Cn1c(COc2ccc(/C=N/N=C(N)N)cc2)[n+](C)c2ccccc21. The quantitative estimate of drug-likeness (QED) is 0.317. The number of ether oxygens (including phenoxy) is 1. The van der Waals surface area contributed by atoms with Gasteiger partial charge in [-0.2, -0.15) is 5.10 Å². The number of para-hydroxylation sites is 2. The van der Waals surface area contributed by atoms with E-state index in [1.54, 1.807) is 6.21 Å². The topological polar surface area (TPSA) is 94.8 Å². The average molecular weight is 337 g/mol. The molecule has 0 spiro atoms. The number of hydrogen-bond acceptors (Lipinski definition) is 3. The van der Waals surface area contributed by atoms with Crippen LogP contribution in [0.15, 0.2) is 58.7 Å². The highest BCUT2D eigenvalue weighted by Gasteiger charge is 2.19. The van der Waals surface area contributed by atoms with Crippen molar-refractivity contribution in [3.63, 3.8) is 0 Å². The first-order chi connectivity index (χ1) is 12.1. The molecule has 128 valence electrons. The van der Waals surface area contributed by atoms with E-state index in [2.05, 4.69) is 31.5 Å². The van der Waals surface area contributed by atoms with Crippen molar-refractivity contribution in [1.29, 1.82) is 0 Å². The van der Waals surface area contributed by atoms with Crippen LogP contribution >= 0.6 is 0 Å². The number of aryl methyl sites for hydroxylation is 2. The maximum Gasteiger partial charge on any atom is 0.295 e. The molecule has 0 aliphatic heterocycles. The molecule has 3 aromatic rings. The van der Waals surface area contributed by atoms with E-state index in [1.165, 1.54) is 11.0 Å². The number of guanidine groups is 1. The first-order valence-corrected chi connectivity index (χ1v) is 7.83. The van der Waals surface area contributed by atoms with Crippen LogP contribution in [-0.2, 0) is 20.7 Å². The number of hydrogen-bond donors (Lipinski definition) is 2. The lowest BCUT2D eigenvalue weighted by molar-refractivity contribution is -0.655. The molecule has 0 atom stereocenters. The van der Waals surface area contributed by atoms with Gasteiger partial charge in [0, 0.05) is 0 Å². The zero-order valence-electron chi connectivity index (χ0n) is 14.3. The molecule has 0 unspecified atom stereocenters. The van der Waals surface area contributed by atoms with Gasteiger partial charge >= 0.3 is 0 Å². The Morgan fingerprint density at radius 1 is 1.16 bits per heavy atom. The van der Waals surface area contributed by atoms with Gasteiger partial charge in [-0.3, -0.25) is 0 Å². The molecule has 0 bridgehead atoms. The van der Waals surface area contributed by atoms with Gasteiger partial charge in [0.25, 0.3) is 5.82 Å². The summed E-state index contributed by atoms with van der Waals surface area (Å²) in [6, 6.07) is 15.8. The van der Waals surface area contributed by atoms with Crippen molar-refractivity contribution in [2.45, 2.75) is 6.61 Å². The second-order valence-corrected chi connectivity index (χ2v) is 5.65. The van der Waals surface area contributed by atoms with Crippen molar-refractivity contribution in [3.05, 3.63) is 59.9 Å². The van der Waals surface area contributed by atoms with Gasteiger partial charge < -0.3 is 16.2 Å². The minimum absolute atomic E-state index is 0.0703. The van der Waals surface area contributed by atoms with Crippen molar-refractivity contribution >= 4 is 23.2 Å². The molecule has 7 heteroatoms. The summed E-state index contributed by atoms with van der Waals surface area (Å²) < 4.78 is 10.2. The highest BCUT2D eigenvalue weighted by Crippen LogP contribution is 2.16. The third kappa shape index (κ3) is 3.60. The predicted octanol–water partition coefficient (Wildman–Crippen LogP) is 1.19. The van der Waals surface area contributed by atoms with E-state index in [-0.39, 0.29) is 5.96 Å². The van der Waals surface area contributed by atoms with Gasteiger partial charge in [0.2, 0.25) is 5.96 Å². The van der Waals surface area contributed by atoms with Crippen molar-refractivity contribution < 1.29 is 9.30 Å². The zero-order valence-corrected chi connectivity index (χ0v) is 14.3. The van der Waals surface area contributed by atoms with Crippen LogP contribution in [0.3, 0.4) is 0 Å². The summed E-state index contributed by atoms with van der Waals surface area (Å²) in [7, 11) is 4.09. The number of fused-ring (bicyclic) bond motifs is 1. The van der Waals surface area contributed by atoms with Crippen LogP contribution in [0.5, 0.6) is 5.75 Å². The van der Waals surface area contributed by atoms with E-state index < -0.39 is 0 Å². The smallest absolute Gasteiger partial charge is 0.295 e. The fraction of sp³-hybridized carbons (Fsp3) is 0.167. The molecule has 0 fully saturated rings. The van der Waals surface area contributed by atoms with Gasteiger partial charge in [0.1, 0.15) is 5.75 Å². The Morgan fingerprint density at radius 3 is 2.56 bits per heavy atom. The van der Waals surface area contributed by atoms with E-state index in [0.717, 1.165) is 17.1 Å². The Kier molecular flexibility index (Phi) is 4.65. The normalized spacial score (nSPS) is 11.1. The molecule has 2 aromatic carbocycles. The molecule has 0 amide bonds. The predicted molar refractivity (Wildman–Crippen MR) is 98.3 cm³/mol. The fourth-order valence-corrected chi connectivity index (χ4v) is 2.69. The number of imidazole rings is 1. The standard InChI is InChI=1S/C18H21N6O/c1-23-15-5-3-4-6-16(15)24(2)17(23)12-25-14-9-7-13(8-10-14)11-21-22-18(19)20/h3-11H,12H2,1-2H3,(H4,19,20,22)/q+1/b21-11+. The molecule has 0 saturated carbocycles. The van der Waals surface area contributed by atoms with Crippen molar-refractivity contribution in [1.82, 2.24) is 4.57 Å². The van der Waals surface area contributed by atoms with E-state index in [4.69, 9.17) is 16.2 Å². The summed E-state index contributed by atoms with van der Waals surface area (Å²) in [6.45, 7) is 0.475. The molecule has 0 radical (unpaired) electrons. The third-order valence-corrected chi connectivity index (χ3v) is 4.01. The molecule has 7 nitrogen and oxygen atoms in total. The first-order valence-electron chi connectivity index (χ1n) is 7.83. The lowest BCUT2D eigenvalue weighted by Gasteiger charge is -2.04. The van der Waals surface area contributed by atoms with Gasteiger partial charge in [-0.05, 0) is 42.0 Å². The first kappa shape index (κ1) is 16.5. The molecule has 4 N–H and O–H groups in total. The van der Waals surface area contributed by atoms with E-state index in [9.17, 15) is 0 Å². The maximum absolute atomic E-state index is 5.93. The summed E-state index contributed by atoms with van der Waals surface area (Å²) in [5, 5.41) is 7.34. The Morgan fingerprint density at radius 2 is 1.88 bits per heavy atom. The Bertz CT molecular complexity index is 897. The van der Waals surface area contributed by atoms with Crippen LogP contribution in [0.4, 0.5) is 0 Å². The largest absolute Gasteiger partial charge is 0.481 e. The average Bonchev–Trinajstić information content (AvgIpc) is 2.85. The molecule has 1 heterocycles. The molecule has 0 saturated heterocycles. The van der Waals surface area contributed by atoms with Gasteiger partial charge in [-0.25, -0.2) is 9.13 Å². The van der Waals surface area contributed by atoms with Crippen molar-refractivity contribution in [2.75, 3.05) is 0 Å². The van der Waals surface area contributed by atoms with E-state index >= 15 is 0 Å². The van der Waals surface area contributed by atoms with Crippen LogP contribution in [0.25, 0.3) is 11.0 Å². The molecule has 1 aromatic heterocycles. The fourth-order valence-electron chi connectivity index (χ4n) is 2.69. The second kappa shape index (κ2) is 7.04. The zero-order chi connectivity index (χ0) is 17.8. The minimum Gasteiger partial charge on any atom is -0.481 e. The van der Waals surface area contributed by atoms with Gasteiger partial charge in [-0.15, -0.1) is 5.10 Å². The van der Waals surface area contributed by atoms with Gasteiger partial charge in [-0.1, -0.05) is 12.1 Å². The van der Waals surface area contributed by atoms with Crippen molar-refractivity contribution in [2.24, 2.45) is 35.8 Å². The highest BCUT2D eigenvalue weighted by molar-refractivity contribution is 5.81. The number of aromatic nitrogens is 2. The van der Waals surface area contributed by atoms with Crippen LogP contribution in [0.1, 0.15) is 11.4 Å². The lowest BCUT2D eigenvalue weighted by atomic mass is 10.2. The molecular formula is C18H21N6O+. The van der Waals surface area contributed by atoms with Crippen LogP contribution in [-0.4, -0.2) is 16.7 Å². The van der Waals surface area contributed by atoms with Crippen LogP contribution in [0, 0.1) is 0 Å². The lowest BCUT2D eigenvalue weighted by Crippen LogP contribution is -2.33. The van der Waals surface area contributed by atoms with Crippen molar-refractivity contribution in [3.8, 4) is 5.75 Å². The Hall–Kier alpha value is -3.35. The number of nitrogens with two attached hydrogens (primary N) is 2. The molecule has 3 rings (SSSR count). The highest BCUT2D eigenvalue weighted by atomic mass is 16.5. The number of benzene rings is 2. The van der Waals surface area contributed by atoms with Crippen LogP contribution < -0.4 is 20.8 Å². The minimum atomic E-state index is -0.0703. The summed E-state index contributed by atoms with van der Waals surface area (Å²) in [4.78, 5) is 0. The van der Waals surface area contributed by atoms with E-state index in [0.29, 0.717) is 6.61 Å². The number of rotatable bonds is 5. The summed E-state index contributed by atoms with van der Waals surface area (Å²) in [5.74, 6) is 1.79. The second-order valence-electron chi connectivity index (χ2n) is 5.65. The monoisotopic (exact) mass is 337 g/mol. The summed E-state index contributed by atoms with van der Waals surface area (Å²) in [5.41, 5.74) is 13.7. The Labute approximate surface area is 145 Å². The van der Waals surface area contributed by atoms with Gasteiger partial charge in [0.05, 0.1) is 20.3 Å². The molecule has 25 heavy (non-hydrogen) atoms. The summed E-state index contributed by atoms with van der Waals surface area (Å²) >= 11 is 0. The van der Waals surface area contributed by atoms with E-state index in [1.807, 2.05) is 50.5 Å². The van der Waals surface area contributed by atoms with Gasteiger partial charge in [0.15, 0.2) is 17.6 Å². The number of nitrogens with zero attached hydrogens (tertiary/aromatic N) is 4. The Balaban J connectivity index is 1.72. The molecule has 0 aliphatic rings. The summed E-state index contributed by atoms with van der Waals surface area (Å²) in [6.07, 6.45) is 1.58. The maximum atomic E-state index is 5.93.